The van der Waals surface area contributed by atoms with Crippen molar-refractivity contribution in [1.29, 1.82) is 0 Å². The standard InChI is InChI=1S/C29H24F10O4/c1-2-3-4-5-15-13-40-27(41-14-15)29(38,39)43-18-11-21(31)25(22(32)12-18)28(36,37)42-17-6-7-19(20(30)10-17)16-8-23(33)26(35)24(34)9-16/h6-12,15,27H,2-5,13-14H2,1H3. The van der Waals surface area contributed by atoms with E-state index in [1.165, 1.54) is 0 Å². The Kier molecular flexibility index (Phi) is 9.79. The zero-order valence-electron chi connectivity index (χ0n) is 22.4. The zero-order valence-corrected chi connectivity index (χ0v) is 22.4. The highest BCUT2D eigenvalue weighted by Crippen LogP contribution is 2.39. The number of alkyl halides is 4. The fourth-order valence-corrected chi connectivity index (χ4v) is 4.38. The third-order valence-electron chi connectivity index (χ3n) is 6.50. The first kappa shape index (κ1) is 32.4. The van der Waals surface area contributed by atoms with Crippen LogP contribution in [0.15, 0.2) is 42.5 Å². The van der Waals surface area contributed by atoms with E-state index in [1.54, 1.807) is 0 Å². The predicted octanol–water partition coefficient (Wildman–Crippen LogP) is 8.86. The van der Waals surface area contributed by atoms with E-state index >= 15 is 0 Å². The van der Waals surface area contributed by atoms with E-state index in [-0.39, 0.29) is 31.3 Å². The lowest BCUT2D eigenvalue weighted by molar-refractivity contribution is -0.352. The van der Waals surface area contributed by atoms with E-state index in [1.807, 2.05) is 6.92 Å². The maximum atomic E-state index is 14.8. The Hall–Kier alpha value is -3.52. The van der Waals surface area contributed by atoms with Crippen molar-refractivity contribution in [3.8, 4) is 22.6 Å². The van der Waals surface area contributed by atoms with Crippen molar-refractivity contribution >= 4 is 0 Å². The minimum absolute atomic E-state index is 0.0707. The molecular weight excluding hydrogens is 602 g/mol. The maximum Gasteiger partial charge on any atom is 0.451 e. The number of rotatable bonds is 11. The highest BCUT2D eigenvalue weighted by molar-refractivity contribution is 5.65. The van der Waals surface area contributed by atoms with Crippen LogP contribution in [0.1, 0.15) is 38.2 Å². The van der Waals surface area contributed by atoms with E-state index in [2.05, 4.69) is 9.47 Å². The largest absolute Gasteiger partial charge is 0.451 e. The normalized spacial score (nSPS) is 17.7. The van der Waals surface area contributed by atoms with Crippen molar-refractivity contribution in [2.45, 2.75) is 51.1 Å². The maximum absolute atomic E-state index is 14.8. The van der Waals surface area contributed by atoms with E-state index < -0.39 is 81.6 Å². The Morgan fingerprint density at radius 3 is 1.86 bits per heavy atom. The zero-order chi connectivity index (χ0) is 31.5. The second-order valence-electron chi connectivity index (χ2n) is 9.80. The monoisotopic (exact) mass is 626 g/mol. The van der Waals surface area contributed by atoms with Crippen LogP contribution < -0.4 is 9.47 Å². The van der Waals surface area contributed by atoms with Gasteiger partial charge in [-0.25, -0.2) is 26.3 Å². The van der Waals surface area contributed by atoms with Crippen molar-refractivity contribution in [1.82, 2.24) is 0 Å². The smallest absolute Gasteiger partial charge is 0.429 e. The molecule has 0 bridgehead atoms. The second-order valence-corrected chi connectivity index (χ2v) is 9.80. The first-order valence-electron chi connectivity index (χ1n) is 13.0. The lowest BCUT2D eigenvalue weighted by Gasteiger charge is -2.33. The molecule has 0 atom stereocenters. The molecule has 4 nitrogen and oxygen atoms in total. The summed E-state index contributed by atoms with van der Waals surface area (Å²) in [5.41, 5.74) is -3.02. The number of hydrogen-bond acceptors (Lipinski definition) is 4. The van der Waals surface area contributed by atoms with Gasteiger partial charge in [-0.1, -0.05) is 26.2 Å². The summed E-state index contributed by atoms with van der Waals surface area (Å²) in [5.74, 6) is -12.8. The van der Waals surface area contributed by atoms with Crippen LogP contribution in [-0.2, 0) is 15.6 Å². The minimum Gasteiger partial charge on any atom is -0.429 e. The number of ether oxygens (including phenoxy) is 4. The van der Waals surface area contributed by atoms with Crippen molar-refractivity contribution in [2.75, 3.05) is 13.2 Å². The molecule has 0 spiro atoms. The van der Waals surface area contributed by atoms with Gasteiger partial charge in [0.2, 0.25) is 0 Å². The molecule has 0 N–H and O–H groups in total. The van der Waals surface area contributed by atoms with Gasteiger partial charge >= 0.3 is 12.2 Å². The Labute approximate surface area is 239 Å². The van der Waals surface area contributed by atoms with Gasteiger partial charge in [0, 0.05) is 29.7 Å². The van der Waals surface area contributed by atoms with E-state index in [0.29, 0.717) is 30.7 Å². The van der Waals surface area contributed by atoms with Crippen molar-refractivity contribution in [2.24, 2.45) is 5.92 Å². The van der Waals surface area contributed by atoms with Crippen molar-refractivity contribution in [3.63, 3.8) is 0 Å². The Morgan fingerprint density at radius 1 is 0.721 bits per heavy atom. The molecule has 3 aromatic carbocycles. The number of benzene rings is 3. The first-order chi connectivity index (χ1) is 20.2. The molecule has 14 heteroatoms. The summed E-state index contributed by atoms with van der Waals surface area (Å²) in [6, 6.07) is 2.83. The fourth-order valence-electron chi connectivity index (χ4n) is 4.38. The molecule has 43 heavy (non-hydrogen) atoms. The van der Waals surface area contributed by atoms with Gasteiger partial charge in [0.05, 0.1) is 13.2 Å². The van der Waals surface area contributed by atoms with Gasteiger partial charge in [-0.3, -0.25) is 0 Å². The van der Waals surface area contributed by atoms with Crippen LogP contribution in [0.3, 0.4) is 0 Å². The van der Waals surface area contributed by atoms with Crippen molar-refractivity contribution in [3.05, 3.63) is 82.9 Å². The Morgan fingerprint density at radius 2 is 1.30 bits per heavy atom. The highest BCUT2D eigenvalue weighted by Gasteiger charge is 2.48. The topological polar surface area (TPSA) is 36.9 Å². The Balaban J connectivity index is 1.46. The van der Waals surface area contributed by atoms with E-state index in [4.69, 9.17) is 9.47 Å². The van der Waals surface area contributed by atoms with E-state index in [9.17, 15) is 43.9 Å². The average molecular weight is 626 g/mol. The van der Waals surface area contributed by atoms with Gasteiger partial charge in [0.15, 0.2) is 17.5 Å². The molecule has 0 unspecified atom stereocenters. The number of halogens is 10. The van der Waals surface area contributed by atoms with Crippen molar-refractivity contribution < 1.29 is 62.9 Å². The molecule has 1 fully saturated rings. The summed E-state index contributed by atoms with van der Waals surface area (Å²) in [6.45, 7) is 1.86. The minimum atomic E-state index is -4.81. The molecule has 1 aliphatic rings. The van der Waals surface area contributed by atoms with Gasteiger partial charge in [-0.15, -0.1) is 0 Å². The summed E-state index contributed by atoms with van der Waals surface area (Å²) in [5, 5.41) is 0. The van der Waals surface area contributed by atoms with Gasteiger partial charge in [0.25, 0.3) is 6.29 Å². The fraction of sp³-hybridized carbons (Fsp3) is 0.379. The first-order valence-corrected chi connectivity index (χ1v) is 13.0. The molecule has 0 aromatic heterocycles. The van der Waals surface area contributed by atoms with Crippen LogP contribution >= 0.6 is 0 Å². The molecule has 3 aromatic rings. The van der Waals surface area contributed by atoms with Crippen LogP contribution in [0.5, 0.6) is 11.5 Å². The van der Waals surface area contributed by atoms with Crippen LogP contribution in [0.2, 0.25) is 0 Å². The molecule has 0 saturated carbocycles. The van der Waals surface area contributed by atoms with Gasteiger partial charge in [0.1, 0.15) is 34.5 Å². The number of unbranched alkanes of at least 4 members (excludes halogenated alkanes) is 2. The molecule has 1 heterocycles. The molecule has 0 aliphatic carbocycles. The molecular formula is C29H24F10O4. The van der Waals surface area contributed by atoms with Crippen LogP contribution in [-0.4, -0.2) is 25.6 Å². The third-order valence-corrected chi connectivity index (χ3v) is 6.50. The third kappa shape index (κ3) is 7.53. The Bertz CT molecular complexity index is 1390. The molecule has 1 aliphatic heterocycles. The lowest BCUT2D eigenvalue weighted by Crippen LogP contribution is -2.47. The van der Waals surface area contributed by atoms with Crippen LogP contribution in [0.4, 0.5) is 43.9 Å². The van der Waals surface area contributed by atoms with Gasteiger partial charge in [-0.05, 0) is 36.2 Å². The van der Waals surface area contributed by atoms with Crippen LogP contribution in [0, 0.1) is 40.8 Å². The SMILES string of the molecule is CCCCCC1COC(C(F)(F)Oc2cc(F)c(C(F)(F)Oc3ccc(-c4cc(F)c(F)c(F)c4)c(F)c3)c(F)c2)OC1. The summed E-state index contributed by atoms with van der Waals surface area (Å²) in [7, 11) is 0. The quantitative estimate of drug-likeness (QED) is 0.121. The molecule has 0 amide bonds. The average Bonchev–Trinajstić information content (AvgIpc) is 2.91. The van der Waals surface area contributed by atoms with Gasteiger partial charge < -0.3 is 18.9 Å². The predicted molar refractivity (Wildman–Crippen MR) is 131 cm³/mol. The molecule has 234 valence electrons. The van der Waals surface area contributed by atoms with Crippen LogP contribution in [0.25, 0.3) is 11.1 Å². The second kappa shape index (κ2) is 13.0. The number of hydrogen-bond donors (Lipinski definition) is 0. The molecule has 0 radical (unpaired) electrons. The molecule has 4 rings (SSSR count). The lowest BCUT2D eigenvalue weighted by atomic mass is 10.0. The van der Waals surface area contributed by atoms with E-state index in [0.717, 1.165) is 25.3 Å². The highest BCUT2D eigenvalue weighted by atomic mass is 19.3. The molecule has 1 saturated heterocycles. The summed E-state index contributed by atoms with van der Waals surface area (Å²) in [6.07, 6.45) is -7.82. The summed E-state index contributed by atoms with van der Waals surface area (Å²) in [4.78, 5) is 0. The summed E-state index contributed by atoms with van der Waals surface area (Å²) < 4.78 is 161. The summed E-state index contributed by atoms with van der Waals surface area (Å²) >= 11 is 0. The van der Waals surface area contributed by atoms with Gasteiger partial charge in [-0.2, -0.15) is 17.6 Å².